The largest absolute Gasteiger partial charge is 0.490 e. The summed E-state index contributed by atoms with van der Waals surface area (Å²) in [6, 6.07) is 13.1. The highest BCUT2D eigenvalue weighted by molar-refractivity contribution is 6.30. The topological polar surface area (TPSA) is 93.8 Å². The van der Waals surface area contributed by atoms with E-state index in [2.05, 4.69) is 25.8 Å². The first kappa shape index (κ1) is 21.0. The Morgan fingerprint density at radius 2 is 2.00 bits per heavy atom. The maximum atomic E-state index is 6.03. The van der Waals surface area contributed by atoms with E-state index in [9.17, 15) is 0 Å². The number of benzene rings is 2. The molecule has 1 aliphatic rings. The molecule has 2 aromatic carbocycles. The van der Waals surface area contributed by atoms with Crippen LogP contribution in [0.1, 0.15) is 19.2 Å². The number of ether oxygens (including phenoxy) is 2. The Labute approximate surface area is 185 Å². The van der Waals surface area contributed by atoms with Crippen molar-refractivity contribution in [2.24, 2.45) is 4.99 Å². The second-order valence-corrected chi connectivity index (χ2v) is 7.31. The lowest BCUT2D eigenvalue weighted by Gasteiger charge is -2.13. The zero-order valence-corrected chi connectivity index (χ0v) is 18.0. The van der Waals surface area contributed by atoms with Crippen molar-refractivity contribution in [2.45, 2.75) is 19.8 Å². The fraction of sp³-hybridized carbons (Fsp3) is 0.318. The molecule has 0 atom stereocenters. The lowest BCUT2D eigenvalue weighted by molar-refractivity contribution is 0.297. The molecule has 0 radical (unpaired) electrons. The highest BCUT2D eigenvalue weighted by Crippen LogP contribution is 2.32. The summed E-state index contributed by atoms with van der Waals surface area (Å²) in [4.78, 5) is 9.03. The summed E-state index contributed by atoms with van der Waals surface area (Å²) < 4.78 is 16.8. The first-order chi connectivity index (χ1) is 15.2. The van der Waals surface area contributed by atoms with E-state index in [0.717, 1.165) is 35.7 Å². The number of nitrogens with one attached hydrogen (secondary N) is 2. The van der Waals surface area contributed by atoms with Crippen LogP contribution in [0.3, 0.4) is 0 Å². The van der Waals surface area contributed by atoms with Crippen molar-refractivity contribution in [3.8, 4) is 22.9 Å². The number of anilines is 1. The van der Waals surface area contributed by atoms with E-state index in [1.807, 2.05) is 37.3 Å². The number of nitrogens with zero attached hydrogens (tertiary/aromatic N) is 3. The fourth-order valence-electron chi connectivity index (χ4n) is 3.05. The molecule has 0 bridgehead atoms. The second-order valence-electron chi connectivity index (χ2n) is 6.87. The molecule has 31 heavy (non-hydrogen) atoms. The van der Waals surface area contributed by atoms with Crippen molar-refractivity contribution < 1.29 is 14.0 Å². The van der Waals surface area contributed by atoms with Crippen LogP contribution in [0.4, 0.5) is 5.69 Å². The standard InChI is InChI=1S/C22H24ClN5O3/c1-2-24-22(26-17-7-8-18-19(14-17)30-12-4-11-29-18)25-10-9-20-27-21(28-31-20)15-5-3-6-16(23)13-15/h3,5-8,13-14H,2,4,9-12H2,1H3,(H2,24,25,26). The average molecular weight is 442 g/mol. The molecule has 8 nitrogen and oxygen atoms in total. The predicted octanol–water partition coefficient (Wildman–Crippen LogP) is 4.17. The van der Waals surface area contributed by atoms with Crippen LogP contribution in [0.15, 0.2) is 52.0 Å². The van der Waals surface area contributed by atoms with Gasteiger partial charge < -0.3 is 24.6 Å². The lowest BCUT2D eigenvalue weighted by Crippen LogP contribution is -2.30. The highest BCUT2D eigenvalue weighted by Gasteiger charge is 2.12. The van der Waals surface area contributed by atoms with Gasteiger partial charge in [-0.05, 0) is 31.2 Å². The van der Waals surface area contributed by atoms with Crippen molar-refractivity contribution in [3.63, 3.8) is 0 Å². The van der Waals surface area contributed by atoms with Gasteiger partial charge in [-0.1, -0.05) is 28.9 Å². The maximum Gasteiger partial charge on any atom is 0.228 e. The summed E-state index contributed by atoms with van der Waals surface area (Å²) in [6.45, 7) is 4.54. The van der Waals surface area contributed by atoms with Crippen LogP contribution < -0.4 is 20.1 Å². The zero-order chi connectivity index (χ0) is 21.5. The van der Waals surface area contributed by atoms with Crippen LogP contribution in [0.25, 0.3) is 11.4 Å². The molecule has 1 aromatic heterocycles. The van der Waals surface area contributed by atoms with Crippen LogP contribution in [-0.4, -0.2) is 42.4 Å². The highest BCUT2D eigenvalue weighted by atomic mass is 35.5. The molecular weight excluding hydrogens is 418 g/mol. The summed E-state index contributed by atoms with van der Waals surface area (Å²) in [5.74, 6) is 3.19. The third-order valence-electron chi connectivity index (χ3n) is 4.50. The Morgan fingerprint density at radius 1 is 1.13 bits per heavy atom. The molecule has 0 aliphatic carbocycles. The molecule has 2 heterocycles. The number of aromatic nitrogens is 2. The first-order valence-electron chi connectivity index (χ1n) is 10.2. The number of rotatable bonds is 6. The molecule has 2 N–H and O–H groups in total. The number of guanidine groups is 1. The van der Waals surface area contributed by atoms with E-state index in [4.69, 9.17) is 25.6 Å². The van der Waals surface area contributed by atoms with Gasteiger partial charge in [-0.15, -0.1) is 0 Å². The van der Waals surface area contributed by atoms with E-state index in [0.29, 0.717) is 48.9 Å². The fourth-order valence-corrected chi connectivity index (χ4v) is 3.24. The molecule has 0 fully saturated rings. The van der Waals surface area contributed by atoms with Gasteiger partial charge in [0.15, 0.2) is 17.5 Å². The monoisotopic (exact) mass is 441 g/mol. The van der Waals surface area contributed by atoms with Crippen LogP contribution in [0, 0.1) is 0 Å². The molecular formula is C22H24ClN5O3. The van der Waals surface area contributed by atoms with Crippen molar-refractivity contribution in [1.29, 1.82) is 0 Å². The van der Waals surface area contributed by atoms with Gasteiger partial charge in [-0.25, -0.2) is 0 Å². The van der Waals surface area contributed by atoms with E-state index in [-0.39, 0.29) is 0 Å². The Morgan fingerprint density at radius 3 is 2.84 bits per heavy atom. The van der Waals surface area contributed by atoms with Gasteiger partial charge in [0.25, 0.3) is 0 Å². The molecule has 0 amide bonds. The van der Waals surface area contributed by atoms with E-state index < -0.39 is 0 Å². The van der Waals surface area contributed by atoms with Crippen molar-refractivity contribution in [1.82, 2.24) is 15.5 Å². The molecule has 0 saturated carbocycles. The van der Waals surface area contributed by atoms with Gasteiger partial charge in [0.05, 0.1) is 19.8 Å². The smallest absolute Gasteiger partial charge is 0.228 e. The van der Waals surface area contributed by atoms with Crippen LogP contribution in [0.5, 0.6) is 11.5 Å². The van der Waals surface area contributed by atoms with Gasteiger partial charge in [-0.3, -0.25) is 4.99 Å². The number of halogens is 1. The summed E-state index contributed by atoms with van der Waals surface area (Å²) >= 11 is 6.03. The van der Waals surface area contributed by atoms with E-state index in [1.165, 1.54) is 0 Å². The van der Waals surface area contributed by atoms with E-state index >= 15 is 0 Å². The number of hydrogen-bond donors (Lipinski definition) is 2. The van der Waals surface area contributed by atoms with Crippen molar-refractivity contribution in [3.05, 3.63) is 53.4 Å². The molecule has 0 spiro atoms. The Balaban J connectivity index is 1.39. The normalized spacial score (nSPS) is 13.5. The third-order valence-corrected chi connectivity index (χ3v) is 4.74. The quantitative estimate of drug-likeness (QED) is 0.438. The Bertz CT molecular complexity index is 1050. The minimum Gasteiger partial charge on any atom is -0.490 e. The summed E-state index contributed by atoms with van der Waals surface area (Å²) in [6.07, 6.45) is 1.39. The van der Waals surface area contributed by atoms with Gasteiger partial charge in [0.1, 0.15) is 0 Å². The SMILES string of the molecule is CCNC(=NCCc1nc(-c2cccc(Cl)c2)no1)Nc1ccc2c(c1)OCCCO2. The number of aliphatic imine (C=N–C) groups is 1. The summed E-state index contributed by atoms with van der Waals surface area (Å²) in [5.41, 5.74) is 1.68. The first-order valence-corrected chi connectivity index (χ1v) is 10.6. The average Bonchev–Trinajstić information content (AvgIpc) is 3.11. The minimum absolute atomic E-state index is 0.483. The third kappa shape index (κ3) is 5.67. The van der Waals surface area contributed by atoms with Crippen LogP contribution in [-0.2, 0) is 6.42 Å². The van der Waals surface area contributed by atoms with Gasteiger partial charge >= 0.3 is 0 Å². The zero-order valence-electron chi connectivity index (χ0n) is 17.2. The van der Waals surface area contributed by atoms with Crippen molar-refractivity contribution >= 4 is 23.2 Å². The molecule has 9 heteroatoms. The Kier molecular flexibility index (Phi) is 6.89. The van der Waals surface area contributed by atoms with Crippen LogP contribution >= 0.6 is 11.6 Å². The van der Waals surface area contributed by atoms with Gasteiger partial charge in [-0.2, -0.15) is 4.98 Å². The van der Waals surface area contributed by atoms with Gasteiger partial charge in [0, 0.05) is 41.7 Å². The second kappa shape index (κ2) is 10.2. The van der Waals surface area contributed by atoms with Crippen LogP contribution in [0.2, 0.25) is 5.02 Å². The van der Waals surface area contributed by atoms with Crippen molar-refractivity contribution in [2.75, 3.05) is 31.6 Å². The minimum atomic E-state index is 0.483. The summed E-state index contributed by atoms with van der Waals surface area (Å²) in [5, 5.41) is 11.2. The number of fused-ring (bicyclic) bond motifs is 1. The molecule has 0 saturated heterocycles. The maximum absolute atomic E-state index is 6.03. The molecule has 3 aromatic rings. The summed E-state index contributed by atoms with van der Waals surface area (Å²) in [7, 11) is 0. The Hall–Kier alpha value is -3.26. The molecule has 162 valence electrons. The predicted molar refractivity (Wildman–Crippen MR) is 120 cm³/mol. The lowest BCUT2D eigenvalue weighted by atomic mass is 10.2. The molecule has 0 unspecified atom stereocenters. The molecule has 4 rings (SSSR count). The van der Waals surface area contributed by atoms with E-state index in [1.54, 1.807) is 12.1 Å². The van der Waals surface area contributed by atoms with Gasteiger partial charge in [0.2, 0.25) is 11.7 Å². The number of hydrogen-bond acceptors (Lipinski definition) is 6. The molecule has 1 aliphatic heterocycles.